The van der Waals surface area contributed by atoms with Crippen LogP contribution in [0.25, 0.3) is 0 Å². The third-order valence-corrected chi connectivity index (χ3v) is 4.86. The van der Waals surface area contributed by atoms with Crippen molar-refractivity contribution in [2.24, 2.45) is 0 Å². The van der Waals surface area contributed by atoms with Crippen LogP contribution in [-0.2, 0) is 11.2 Å². The normalized spacial score (nSPS) is 14.5. The van der Waals surface area contributed by atoms with Crippen LogP contribution in [0.3, 0.4) is 0 Å². The van der Waals surface area contributed by atoms with Crippen molar-refractivity contribution in [2.75, 3.05) is 38.2 Å². The zero-order chi connectivity index (χ0) is 17.8. The van der Waals surface area contributed by atoms with Crippen LogP contribution in [0.1, 0.15) is 11.1 Å². The SMILES string of the molecule is COc1ccc(CC(=O)N2CCN(c3cccc(Cl)c3)CC2)cc1C. The maximum absolute atomic E-state index is 12.6. The van der Waals surface area contributed by atoms with E-state index in [9.17, 15) is 4.79 Å². The Morgan fingerprint density at radius 1 is 1.12 bits per heavy atom. The number of carbonyl (C=O) groups excluding carboxylic acids is 1. The third-order valence-electron chi connectivity index (χ3n) is 4.62. The average molecular weight is 359 g/mol. The summed E-state index contributed by atoms with van der Waals surface area (Å²) < 4.78 is 5.27. The fraction of sp³-hybridized carbons (Fsp3) is 0.350. The number of piperazine rings is 1. The Kier molecular flexibility index (Phi) is 5.49. The number of anilines is 1. The summed E-state index contributed by atoms with van der Waals surface area (Å²) in [7, 11) is 1.66. The van der Waals surface area contributed by atoms with E-state index in [4.69, 9.17) is 16.3 Å². The lowest BCUT2D eigenvalue weighted by atomic mass is 10.1. The van der Waals surface area contributed by atoms with Gasteiger partial charge in [-0.05, 0) is 42.3 Å². The van der Waals surface area contributed by atoms with E-state index in [1.54, 1.807) is 7.11 Å². The van der Waals surface area contributed by atoms with Gasteiger partial charge in [0.25, 0.3) is 0 Å². The molecule has 1 saturated heterocycles. The summed E-state index contributed by atoms with van der Waals surface area (Å²) in [5.41, 5.74) is 3.20. The molecule has 2 aromatic carbocycles. The number of hydrogen-bond acceptors (Lipinski definition) is 3. The van der Waals surface area contributed by atoms with Crippen LogP contribution < -0.4 is 9.64 Å². The topological polar surface area (TPSA) is 32.8 Å². The number of benzene rings is 2. The van der Waals surface area contributed by atoms with E-state index < -0.39 is 0 Å². The molecule has 0 radical (unpaired) electrons. The molecular formula is C20H23ClN2O2. The monoisotopic (exact) mass is 358 g/mol. The van der Waals surface area contributed by atoms with Gasteiger partial charge in [-0.1, -0.05) is 29.8 Å². The molecular weight excluding hydrogens is 336 g/mol. The van der Waals surface area contributed by atoms with Gasteiger partial charge in [-0.2, -0.15) is 0 Å². The Bertz CT molecular complexity index is 755. The fourth-order valence-electron chi connectivity index (χ4n) is 3.22. The zero-order valence-corrected chi connectivity index (χ0v) is 15.4. The molecule has 0 aliphatic carbocycles. The smallest absolute Gasteiger partial charge is 0.227 e. The molecule has 132 valence electrons. The maximum atomic E-state index is 12.6. The van der Waals surface area contributed by atoms with Crippen LogP contribution >= 0.6 is 11.6 Å². The first-order valence-electron chi connectivity index (χ1n) is 8.48. The van der Waals surface area contributed by atoms with E-state index in [0.29, 0.717) is 6.42 Å². The van der Waals surface area contributed by atoms with Gasteiger partial charge in [0, 0.05) is 36.9 Å². The summed E-state index contributed by atoms with van der Waals surface area (Å²) in [4.78, 5) is 16.8. The number of carbonyl (C=O) groups is 1. The number of rotatable bonds is 4. The van der Waals surface area contributed by atoms with Crippen LogP contribution in [0.4, 0.5) is 5.69 Å². The molecule has 0 spiro atoms. The number of aryl methyl sites for hydroxylation is 1. The van der Waals surface area contributed by atoms with E-state index in [2.05, 4.69) is 11.0 Å². The van der Waals surface area contributed by atoms with Gasteiger partial charge < -0.3 is 14.5 Å². The summed E-state index contributed by atoms with van der Waals surface area (Å²) in [6, 6.07) is 13.8. The van der Waals surface area contributed by atoms with Crippen molar-refractivity contribution in [1.29, 1.82) is 0 Å². The number of halogens is 1. The fourth-order valence-corrected chi connectivity index (χ4v) is 3.41. The van der Waals surface area contributed by atoms with E-state index in [0.717, 1.165) is 53.8 Å². The van der Waals surface area contributed by atoms with Crippen molar-refractivity contribution in [3.63, 3.8) is 0 Å². The van der Waals surface area contributed by atoms with Crippen LogP contribution in [0.5, 0.6) is 5.75 Å². The second-order valence-corrected chi connectivity index (χ2v) is 6.76. The lowest BCUT2D eigenvalue weighted by molar-refractivity contribution is -0.130. The molecule has 0 bridgehead atoms. The third kappa shape index (κ3) is 4.26. The molecule has 0 unspecified atom stereocenters. The number of ether oxygens (including phenoxy) is 1. The van der Waals surface area contributed by atoms with Crippen LogP contribution in [0.15, 0.2) is 42.5 Å². The number of hydrogen-bond donors (Lipinski definition) is 0. The largest absolute Gasteiger partial charge is 0.496 e. The second-order valence-electron chi connectivity index (χ2n) is 6.33. The Balaban J connectivity index is 1.57. The van der Waals surface area contributed by atoms with Crippen molar-refractivity contribution < 1.29 is 9.53 Å². The van der Waals surface area contributed by atoms with Gasteiger partial charge in [0.1, 0.15) is 5.75 Å². The summed E-state index contributed by atoms with van der Waals surface area (Å²) in [5, 5.41) is 0.742. The number of amides is 1. The second kappa shape index (κ2) is 7.79. The van der Waals surface area contributed by atoms with Crippen LogP contribution in [-0.4, -0.2) is 44.1 Å². The molecule has 3 rings (SSSR count). The Morgan fingerprint density at radius 3 is 2.52 bits per heavy atom. The lowest BCUT2D eigenvalue weighted by Gasteiger charge is -2.36. The van der Waals surface area contributed by atoms with Gasteiger partial charge in [0.05, 0.1) is 13.5 Å². The lowest BCUT2D eigenvalue weighted by Crippen LogP contribution is -2.49. The molecule has 1 fully saturated rings. The molecule has 0 saturated carbocycles. The van der Waals surface area contributed by atoms with Gasteiger partial charge in [0.15, 0.2) is 0 Å². The highest BCUT2D eigenvalue weighted by Gasteiger charge is 2.21. The number of methoxy groups -OCH3 is 1. The summed E-state index contributed by atoms with van der Waals surface area (Å²) in [6.07, 6.45) is 0.433. The number of nitrogens with zero attached hydrogens (tertiary/aromatic N) is 2. The molecule has 1 heterocycles. The molecule has 5 heteroatoms. The van der Waals surface area contributed by atoms with Crippen molar-refractivity contribution in [1.82, 2.24) is 4.90 Å². The standard InChI is InChI=1S/C20H23ClN2O2/c1-15-12-16(6-7-19(15)25-2)13-20(24)23-10-8-22(9-11-23)18-5-3-4-17(21)14-18/h3-7,12,14H,8-11,13H2,1-2H3. The van der Waals surface area contributed by atoms with E-state index in [-0.39, 0.29) is 5.91 Å². The summed E-state index contributed by atoms with van der Waals surface area (Å²) in [6.45, 7) is 5.12. The zero-order valence-electron chi connectivity index (χ0n) is 14.7. The maximum Gasteiger partial charge on any atom is 0.227 e. The molecule has 4 nitrogen and oxygen atoms in total. The quantitative estimate of drug-likeness (QED) is 0.838. The Morgan fingerprint density at radius 2 is 1.88 bits per heavy atom. The van der Waals surface area contributed by atoms with E-state index in [1.807, 2.05) is 48.2 Å². The molecule has 0 atom stereocenters. The molecule has 1 amide bonds. The van der Waals surface area contributed by atoms with Gasteiger partial charge in [-0.25, -0.2) is 0 Å². The minimum Gasteiger partial charge on any atom is -0.496 e. The summed E-state index contributed by atoms with van der Waals surface area (Å²) in [5.74, 6) is 1.03. The van der Waals surface area contributed by atoms with Crippen molar-refractivity contribution in [3.8, 4) is 5.75 Å². The molecule has 0 N–H and O–H groups in total. The van der Waals surface area contributed by atoms with Gasteiger partial charge in [-0.3, -0.25) is 4.79 Å². The van der Waals surface area contributed by atoms with Crippen molar-refractivity contribution in [3.05, 3.63) is 58.6 Å². The highest BCUT2D eigenvalue weighted by atomic mass is 35.5. The average Bonchev–Trinajstić information content (AvgIpc) is 2.62. The predicted octanol–water partition coefficient (Wildman–Crippen LogP) is 3.55. The van der Waals surface area contributed by atoms with Gasteiger partial charge in [0.2, 0.25) is 5.91 Å². The highest BCUT2D eigenvalue weighted by Crippen LogP contribution is 2.22. The molecule has 0 aromatic heterocycles. The van der Waals surface area contributed by atoms with Crippen molar-refractivity contribution >= 4 is 23.2 Å². The first kappa shape index (κ1) is 17.6. The minimum absolute atomic E-state index is 0.176. The van der Waals surface area contributed by atoms with E-state index >= 15 is 0 Å². The van der Waals surface area contributed by atoms with Gasteiger partial charge >= 0.3 is 0 Å². The molecule has 2 aromatic rings. The van der Waals surface area contributed by atoms with Gasteiger partial charge in [-0.15, -0.1) is 0 Å². The van der Waals surface area contributed by atoms with Crippen molar-refractivity contribution in [2.45, 2.75) is 13.3 Å². The van der Waals surface area contributed by atoms with E-state index in [1.165, 1.54) is 0 Å². The molecule has 25 heavy (non-hydrogen) atoms. The first-order chi connectivity index (χ1) is 12.1. The minimum atomic E-state index is 0.176. The van der Waals surface area contributed by atoms with Crippen LogP contribution in [0.2, 0.25) is 5.02 Å². The van der Waals surface area contributed by atoms with Crippen LogP contribution in [0, 0.1) is 6.92 Å². The molecule has 1 aliphatic heterocycles. The first-order valence-corrected chi connectivity index (χ1v) is 8.86. The highest BCUT2D eigenvalue weighted by molar-refractivity contribution is 6.30. The predicted molar refractivity (Wildman–Crippen MR) is 102 cm³/mol. The Hall–Kier alpha value is -2.20. The summed E-state index contributed by atoms with van der Waals surface area (Å²) >= 11 is 6.07. The Labute approximate surface area is 154 Å². The molecule has 1 aliphatic rings.